The molecule has 3 radical (unpaired) electrons. The largest absolute Gasteiger partial charge is 0.453 e. The van der Waals surface area contributed by atoms with Crippen LogP contribution in [0.15, 0.2) is 110 Å². The zero-order chi connectivity index (χ0) is 24.1. The van der Waals surface area contributed by atoms with Crippen molar-refractivity contribution in [3.05, 3.63) is 134 Å². The van der Waals surface area contributed by atoms with Crippen LogP contribution < -0.4 is 0 Å². The molecule has 6 nitrogen and oxygen atoms in total. The molecule has 0 aliphatic carbocycles. The molecule has 0 fully saturated rings. The van der Waals surface area contributed by atoms with Gasteiger partial charge in [0, 0.05) is 78.9 Å². The minimum atomic E-state index is -0.303. The van der Waals surface area contributed by atoms with Gasteiger partial charge < -0.3 is 29.9 Å². The maximum absolute atomic E-state index is 12.8. The predicted octanol–water partition coefficient (Wildman–Crippen LogP) is 5.83. The van der Waals surface area contributed by atoms with Crippen molar-refractivity contribution < 1.29 is 64.7 Å². The number of aromatic amines is 2. The Labute approximate surface area is 261 Å². The first-order chi connectivity index (χ1) is 17.3. The van der Waals surface area contributed by atoms with Crippen LogP contribution in [0.5, 0.6) is 0 Å². The summed E-state index contributed by atoms with van der Waals surface area (Å²) in [6, 6.07) is 23.9. The van der Waals surface area contributed by atoms with Crippen LogP contribution in [0, 0.1) is 24.1 Å². The SMILES string of the molecule is Fc1ccnc(-c2[c-]ccnc2)c1.[Ir].[Ir].[Ir].[c-]1[nH]ccc1-c1ccccn1.[c-]1c[nH]cc1-c1ccccn1. The molecule has 6 aromatic heterocycles. The molecular formula is C28H20FIr3N6-3. The molecule has 0 aliphatic heterocycles. The quantitative estimate of drug-likeness (QED) is 0.219. The van der Waals surface area contributed by atoms with E-state index in [-0.39, 0.29) is 66.1 Å². The zero-order valence-electron chi connectivity index (χ0n) is 19.6. The fraction of sp³-hybridized carbons (Fsp3) is 0. The molecule has 0 spiro atoms. The van der Waals surface area contributed by atoms with Gasteiger partial charge in [0.15, 0.2) is 0 Å². The topological polar surface area (TPSA) is 83.1 Å². The number of aromatic nitrogens is 6. The first-order valence-electron chi connectivity index (χ1n) is 10.7. The van der Waals surface area contributed by atoms with E-state index in [9.17, 15) is 4.39 Å². The molecule has 10 heteroatoms. The Morgan fingerprint density at radius 1 is 0.684 bits per heavy atom. The van der Waals surface area contributed by atoms with Crippen molar-refractivity contribution in [1.82, 2.24) is 29.9 Å². The van der Waals surface area contributed by atoms with E-state index in [1.54, 1.807) is 37.1 Å². The summed E-state index contributed by atoms with van der Waals surface area (Å²) < 4.78 is 12.8. The van der Waals surface area contributed by atoms with E-state index in [2.05, 4.69) is 48.2 Å². The second-order valence-corrected chi connectivity index (χ2v) is 6.97. The maximum atomic E-state index is 12.8. The third-order valence-corrected chi connectivity index (χ3v) is 4.56. The summed E-state index contributed by atoms with van der Waals surface area (Å²) >= 11 is 0. The van der Waals surface area contributed by atoms with Gasteiger partial charge in [0.05, 0.1) is 0 Å². The number of pyridine rings is 4. The monoisotopic (exact) mass is 1040 g/mol. The Balaban J connectivity index is 0.000000275. The fourth-order valence-electron chi connectivity index (χ4n) is 2.93. The summed E-state index contributed by atoms with van der Waals surface area (Å²) in [5.41, 5.74) is 5.16. The second-order valence-electron chi connectivity index (χ2n) is 6.97. The van der Waals surface area contributed by atoms with E-state index in [0.717, 1.165) is 22.5 Å². The predicted molar refractivity (Wildman–Crippen MR) is 132 cm³/mol. The summed E-state index contributed by atoms with van der Waals surface area (Å²) in [5, 5.41) is 0. The third-order valence-electron chi connectivity index (χ3n) is 4.56. The van der Waals surface area contributed by atoms with Crippen LogP contribution in [0.25, 0.3) is 33.8 Å². The van der Waals surface area contributed by atoms with E-state index >= 15 is 0 Å². The first-order valence-corrected chi connectivity index (χ1v) is 10.7. The molecule has 6 heterocycles. The Morgan fingerprint density at radius 2 is 1.39 bits per heavy atom. The molecule has 0 aromatic carbocycles. The second kappa shape index (κ2) is 18.3. The van der Waals surface area contributed by atoms with E-state index in [4.69, 9.17) is 0 Å². The van der Waals surface area contributed by atoms with Gasteiger partial charge in [-0.15, -0.1) is 35.7 Å². The molecule has 0 saturated heterocycles. The van der Waals surface area contributed by atoms with Gasteiger partial charge in [-0.3, -0.25) is 0 Å². The molecule has 0 amide bonds. The van der Waals surface area contributed by atoms with Crippen LogP contribution in [0.3, 0.4) is 0 Å². The molecule has 0 aliphatic rings. The van der Waals surface area contributed by atoms with E-state index in [1.807, 2.05) is 54.9 Å². The zero-order valence-corrected chi connectivity index (χ0v) is 26.7. The minimum absolute atomic E-state index is 0. The molecule has 2 N–H and O–H groups in total. The van der Waals surface area contributed by atoms with Crippen LogP contribution in [0.1, 0.15) is 0 Å². The Bertz CT molecular complexity index is 1320. The van der Waals surface area contributed by atoms with Gasteiger partial charge in [-0.2, -0.15) is 17.7 Å². The fourth-order valence-corrected chi connectivity index (χ4v) is 2.93. The van der Waals surface area contributed by atoms with Crippen LogP contribution in [0.2, 0.25) is 0 Å². The van der Waals surface area contributed by atoms with Gasteiger partial charge in [-0.1, -0.05) is 49.1 Å². The average molecular weight is 1040 g/mol. The summed E-state index contributed by atoms with van der Waals surface area (Å²) in [5.74, 6) is -0.303. The van der Waals surface area contributed by atoms with Gasteiger partial charge in [0.2, 0.25) is 0 Å². The van der Waals surface area contributed by atoms with Crippen molar-refractivity contribution in [2.75, 3.05) is 0 Å². The average Bonchev–Trinajstić information content (AvgIpc) is 3.66. The van der Waals surface area contributed by atoms with Crippen molar-refractivity contribution >= 4 is 0 Å². The normalized spacial score (nSPS) is 9.08. The Morgan fingerprint density at radius 3 is 1.92 bits per heavy atom. The number of halogens is 1. The minimum Gasteiger partial charge on any atom is -0.453 e. The van der Waals surface area contributed by atoms with Crippen molar-refractivity contribution in [3.8, 4) is 33.8 Å². The van der Waals surface area contributed by atoms with Gasteiger partial charge >= 0.3 is 0 Å². The molecule has 38 heavy (non-hydrogen) atoms. The molecule has 0 bridgehead atoms. The van der Waals surface area contributed by atoms with E-state index < -0.39 is 0 Å². The van der Waals surface area contributed by atoms with E-state index in [1.165, 1.54) is 18.3 Å². The molecule has 0 saturated carbocycles. The van der Waals surface area contributed by atoms with Crippen molar-refractivity contribution in [3.63, 3.8) is 0 Å². The number of hydrogen-bond donors (Lipinski definition) is 2. The summed E-state index contributed by atoms with van der Waals surface area (Å²) in [6.07, 6.45) is 16.6. The number of rotatable bonds is 3. The van der Waals surface area contributed by atoms with Gasteiger partial charge in [0.25, 0.3) is 0 Å². The van der Waals surface area contributed by atoms with Crippen LogP contribution in [0.4, 0.5) is 4.39 Å². The van der Waals surface area contributed by atoms with Crippen molar-refractivity contribution in [2.24, 2.45) is 0 Å². The standard InChI is InChI=1S/C10H6FN2.2C9H7N2.3Ir/c11-9-3-5-13-10(6-9)8-2-1-4-12-7-8;2*1-2-5-11-9(3-1)8-4-6-10-7-8;;;/h1,3-7H;1-3,5-7,10H;1-6,10H;;;/q3*-1;;;. The van der Waals surface area contributed by atoms with Crippen LogP contribution in [-0.4, -0.2) is 29.9 Å². The van der Waals surface area contributed by atoms with Gasteiger partial charge in [-0.25, -0.2) is 4.39 Å². The molecule has 0 atom stereocenters. The van der Waals surface area contributed by atoms with Gasteiger partial charge in [-0.05, 0) is 41.3 Å². The summed E-state index contributed by atoms with van der Waals surface area (Å²) in [7, 11) is 0. The van der Waals surface area contributed by atoms with Gasteiger partial charge in [0.1, 0.15) is 5.82 Å². The smallest absolute Gasteiger partial charge is 0.117 e. The summed E-state index contributed by atoms with van der Waals surface area (Å²) in [4.78, 5) is 22.0. The van der Waals surface area contributed by atoms with Crippen LogP contribution >= 0.6 is 0 Å². The number of hydrogen-bond acceptors (Lipinski definition) is 4. The molecule has 6 rings (SSSR count). The molecule has 0 unspecified atom stereocenters. The molecule has 6 aromatic rings. The number of nitrogens with one attached hydrogen (secondary N) is 2. The third kappa shape index (κ3) is 10.4. The Hall–Kier alpha value is -2.96. The van der Waals surface area contributed by atoms with Crippen molar-refractivity contribution in [1.29, 1.82) is 0 Å². The molecular weight excluding hydrogens is 1020 g/mol. The maximum Gasteiger partial charge on any atom is 0.117 e. The van der Waals surface area contributed by atoms with Crippen molar-refractivity contribution in [2.45, 2.75) is 0 Å². The number of nitrogens with zero attached hydrogens (tertiary/aromatic N) is 4. The molecule has 199 valence electrons. The summed E-state index contributed by atoms with van der Waals surface area (Å²) in [6.45, 7) is 0. The first kappa shape index (κ1) is 33.1. The number of H-pyrrole nitrogens is 2. The van der Waals surface area contributed by atoms with Crippen LogP contribution in [-0.2, 0) is 60.3 Å². The Kier molecular flexibility index (Phi) is 15.9. The van der Waals surface area contributed by atoms with E-state index in [0.29, 0.717) is 11.3 Å².